The molecule has 0 aromatic heterocycles. The first-order valence-electron chi connectivity index (χ1n) is 9.38. The molecule has 1 aliphatic rings. The molecule has 142 valence electrons. The number of carbonyl (C=O) groups excluding carboxylic acids is 1. The lowest BCUT2D eigenvalue weighted by Crippen LogP contribution is -2.29. The Hall–Kier alpha value is -2.34. The summed E-state index contributed by atoms with van der Waals surface area (Å²) in [7, 11) is -1.01. The number of unbranched alkanes of at least 4 members (excludes halogenated alkanes) is 1. The van der Waals surface area contributed by atoms with Gasteiger partial charge in [-0.1, -0.05) is 54.1 Å². The van der Waals surface area contributed by atoms with Crippen LogP contribution in [0.15, 0.2) is 54.6 Å². The van der Waals surface area contributed by atoms with Gasteiger partial charge in [0, 0.05) is 0 Å². The van der Waals surface area contributed by atoms with Crippen LogP contribution in [0.5, 0.6) is 0 Å². The molecule has 1 heterocycles. The zero-order valence-electron chi connectivity index (χ0n) is 15.4. The molecule has 0 atom stereocenters. The third-order valence-corrected chi connectivity index (χ3v) is 5.33. The molecule has 0 saturated heterocycles. The van der Waals surface area contributed by atoms with E-state index in [4.69, 9.17) is 21.0 Å². The minimum atomic E-state index is -1.01. The highest BCUT2D eigenvalue weighted by molar-refractivity contribution is 6.61. The maximum Gasteiger partial charge on any atom is 0.491 e. The number of hydrogen-bond acceptors (Lipinski definition) is 4. The highest BCUT2D eigenvalue weighted by Gasteiger charge is 2.29. The Bertz CT molecular complexity index is 1020. The van der Waals surface area contributed by atoms with Gasteiger partial charge in [0.2, 0.25) is 0 Å². The van der Waals surface area contributed by atoms with Crippen molar-refractivity contribution in [3.63, 3.8) is 0 Å². The van der Waals surface area contributed by atoms with Crippen molar-refractivity contribution in [3.8, 4) is 0 Å². The zero-order chi connectivity index (χ0) is 19.5. The second-order valence-corrected chi connectivity index (χ2v) is 7.38. The molecule has 0 unspecified atom stereocenters. The number of carbonyl (C=O) groups is 1. The van der Waals surface area contributed by atoms with Gasteiger partial charge in [-0.25, -0.2) is 4.79 Å². The molecule has 0 aliphatic carbocycles. The normalized spacial score (nSPS) is 13.0. The fraction of sp³-hybridized carbons (Fsp3) is 0.227. The predicted octanol–water partition coefficient (Wildman–Crippen LogP) is 3.89. The van der Waals surface area contributed by atoms with Crippen molar-refractivity contribution >= 4 is 40.9 Å². The zero-order valence-corrected chi connectivity index (χ0v) is 16.1. The average molecular weight is 395 g/mol. The Balaban J connectivity index is 1.28. The molecule has 0 amide bonds. The summed E-state index contributed by atoms with van der Waals surface area (Å²) in [4.78, 5) is 12.3. The van der Waals surface area contributed by atoms with Crippen LogP contribution in [0.1, 0.15) is 34.3 Å². The van der Waals surface area contributed by atoms with Crippen LogP contribution < -0.4 is 5.46 Å². The van der Waals surface area contributed by atoms with E-state index in [1.165, 1.54) is 16.3 Å². The van der Waals surface area contributed by atoms with Gasteiger partial charge in [0.15, 0.2) is 0 Å². The van der Waals surface area contributed by atoms with E-state index in [0.717, 1.165) is 24.8 Å². The van der Waals surface area contributed by atoms with Crippen LogP contribution in [0.4, 0.5) is 0 Å². The number of esters is 1. The lowest BCUT2D eigenvalue weighted by atomic mass is 9.79. The van der Waals surface area contributed by atoms with E-state index in [2.05, 4.69) is 30.3 Å². The van der Waals surface area contributed by atoms with Crippen LogP contribution in [-0.4, -0.2) is 24.7 Å². The highest BCUT2D eigenvalue weighted by atomic mass is 35.5. The molecule has 28 heavy (non-hydrogen) atoms. The summed E-state index contributed by atoms with van der Waals surface area (Å²) in [6, 6.07) is 18.0. The number of fused-ring (bicyclic) bond motifs is 2. The van der Waals surface area contributed by atoms with Gasteiger partial charge in [-0.05, 0) is 58.8 Å². The summed E-state index contributed by atoms with van der Waals surface area (Å²) < 4.78 is 10.5. The van der Waals surface area contributed by atoms with Gasteiger partial charge in [-0.3, -0.25) is 0 Å². The molecule has 0 fully saturated rings. The van der Waals surface area contributed by atoms with Crippen LogP contribution in [0.3, 0.4) is 0 Å². The first-order chi connectivity index (χ1) is 13.6. The van der Waals surface area contributed by atoms with E-state index in [-0.39, 0.29) is 5.56 Å². The molecule has 3 aromatic carbocycles. The van der Waals surface area contributed by atoms with Gasteiger partial charge < -0.3 is 14.4 Å². The summed E-state index contributed by atoms with van der Waals surface area (Å²) in [5.41, 5.74) is 2.91. The number of aryl methyl sites for hydroxylation is 1. The number of hydrogen-bond donors (Lipinski definition) is 1. The van der Waals surface area contributed by atoms with E-state index < -0.39 is 13.1 Å². The van der Waals surface area contributed by atoms with Crippen molar-refractivity contribution in [1.29, 1.82) is 0 Å². The van der Waals surface area contributed by atoms with Crippen LogP contribution in [0.25, 0.3) is 10.8 Å². The molecule has 1 N–H and O–H groups in total. The highest BCUT2D eigenvalue weighted by Crippen LogP contribution is 2.22. The number of rotatable bonds is 6. The summed E-state index contributed by atoms with van der Waals surface area (Å²) in [6.07, 6.45) is 2.63. The Morgan fingerprint density at radius 1 is 1.11 bits per heavy atom. The van der Waals surface area contributed by atoms with Crippen molar-refractivity contribution in [2.24, 2.45) is 0 Å². The van der Waals surface area contributed by atoms with E-state index >= 15 is 0 Å². The number of halogens is 1. The topological polar surface area (TPSA) is 55.8 Å². The SMILES string of the molecule is O=C(OCCCCc1ccc2ccccc2c1)c1cc2c(cc1Cl)COB2O. The standard InChI is InChI=1S/C22H20BClO4/c24-21-12-18-14-28-23(26)20(18)13-19(21)22(25)27-10-4-3-5-15-8-9-16-6-1-2-7-17(16)11-15/h1-2,6-9,11-13,26H,3-5,10,14H2. The van der Waals surface area contributed by atoms with E-state index in [0.29, 0.717) is 23.7 Å². The second-order valence-electron chi connectivity index (χ2n) is 6.97. The molecule has 6 heteroatoms. The Kier molecular flexibility index (Phi) is 5.67. The Labute approximate surface area is 169 Å². The van der Waals surface area contributed by atoms with Crippen molar-refractivity contribution in [3.05, 3.63) is 76.3 Å². The third kappa shape index (κ3) is 4.07. The van der Waals surface area contributed by atoms with Crippen molar-refractivity contribution in [2.75, 3.05) is 6.61 Å². The van der Waals surface area contributed by atoms with Gasteiger partial charge in [0.25, 0.3) is 0 Å². The first-order valence-corrected chi connectivity index (χ1v) is 9.76. The largest absolute Gasteiger partial charge is 0.491 e. The summed E-state index contributed by atoms with van der Waals surface area (Å²) in [5.74, 6) is -0.474. The maximum absolute atomic E-state index is 12.3. The lowest BCUT2D eigenvalue weighted by Gasteiger charge is -2.09. The monoisotopic (exact) mass is 394 g/mol. The Morgan fingerprint density at radius 2 is 1.93 bits per heavy atom. The van der Waals surface area contributed by atoms with E-state index in [9.17, 15) is 9.82 Å². The molecule has 4 rings (SSSR count). The molecule has 0 radical (unpaired) electrons. The number of ether oxygens (including phenoxy) is 1. The van der Waals surface area contributed by atoms with Gasteiger partial charge in [-0.15, -0.1) is 0 Å². The quantitative estimate of drug-likeness (QED) is 0.391. The van der Waals surface area contributed by atoms with Gasteiger partial charge in [0.1, 0.15) is 0 Å². The fourth-order valence-corrected chi connectivity index (χ4v) is 3.73. The van der Waals surface area contributed by atoms with Crippen LogP contribution >= 0.6 is 11.6 Å². The molecule has 1 aliphatic heterocycles. The van der Waals surface area contributed by atoms with Crippen molar-refractivity contribution in [1.82, 2.24) is 0 Å². The first kappa shape index (κ1) is 19.0. The maximum atomic E-state index is 12.3. The lowest BCUT2D eigenvalue weighted by molar-refractivity contribution is 0.0499. The molecule has 0 bridgehead atoms. The van der Waals surface area contributed by atoms with E-state index in [1.807, 2.05) is 12.1 Å². The Morgan fingerprint density at radius 3 is 2.79 bits per heavy atom. The predicted molar refractivity (Wildman–Crippen MR) is 111 cm³/mol. The minimum absolute atomic E-state index is 0.263. The van der Waals surface area contributed by atoms with Gasteiger partial charge in [-0.2, -0.15) is 0 Å². The third-order valence-electron chi connectivity index (χ3n) is 5.02. The van der Waals surface area contributed by atoms with Gasteiger partial charge in [0.05, 0.1) is 23.8 Å². The van der Waals surface area contributed by atoms with Crippen molar-refractivity contribution < 1.29 is 19.2 Å². The van der Waals surface area contributed by atoms with Gasteiger partial charge >= 0.3 is 13.1 Å². The van der Waals surface area contributed by atoms with Crippen molar-refractivity contribution in [2.45, 2.75) is 25.9 Å². The van der Waals surface area contributed by atoms with Crippen LogP contribution in [0, 0.1) is 0 Å². The summed E-state index contributed by atoms with van der Waals surface area (Å²) in [5, 5.41) is 12.6. The summed E-state index contributed by atoms with van der Waals surface area (Å²) in [6.45, 7) is 0.624. The smallest absolute Gasteiger partial charge is 0.462 e. The minimum Gasteiger partial charge on any atom is -0.462 e. The molecular weight excluding hydrogens is 375 g/mol. The fourth-order valence-electron chi connectivity index (χ4n) is 3.47. The molecular formula is C22H20BClO4. The van der Waals surface area contributed by atoms with E-state index in [1.54, 1.807) is 12.1 Å². The average Bonchev–Trinajstić information content (AvgIpc) is 3.06. The molecule has 0 spiro atoms. The molecule has 4 nitrogen and oxygen atoms in total. The van der Waals surface area contributed by atoms with Crippen LogP contribution in [-0.2, 0) is 22.4 Å². The second kappa shape index (κ2) is 8.35. The van der Waals surface area contributed by atoms with Crippen LogP contribution in [0.2, 0.25) is 5.02 Å². The number of benzene rings is 3. The molecule has 3 aromatic rings. The summed E-state index contributed by atoms with van der Waals surface area (Å²) >= 11 is 6.18. The molecule has 0 saturated carbocycles.